The Morgan fingerprint density at radius 3 is 2.46 bits per heavy atom. The molecule has 0 saturated carbocycles. The van der Waals surface area contributed by atoms with Crippen LogP contribution in [-0.4, -0.2) is 48.6 Å². The van der Waals surface area contributed by atoms with E-state index in [1.807, 2.05) is 36.4 Å². The maximum Gasteiger partial charge on any atom is 0.330 e. The molecule has 0 aromatic carbocycles. The lowest BCUT2D eigenvalue weighted by Crippen LogP contribution is -2.44. The maximum atomic E-state index is 12.4. The molecule has 2 fully saturated rings. The molecular formula is C18H29IN2O6Si. The van der Waals surface area contributed by atoms with Gasteiger partial charge in [0.2, 0.25) is 0 Å². The van der Waals surface area contributed by atoms with Crippen LogP contribution in [0.1, 0.15) is 40.8 Å². The number of nitrogens with one attached hydrogen (secondary N) is 1. The zero-order valence-corrected chi connectivity index (χ0v) is 20.5. The summed E-state index contributed by atoms with van der Waals surface area (Å²) in [6, 6.07) is 0. The molecule has 0 spiro atoms. The van der Waals surface area contributed by atoms with Gasteiger partial charge in [0.1, 0.15) is 18.3 Å². The summed E-state index contributed by atoms with van der Waals surface area (Å²) in [5.41, 5.74) is -0.952. The van der Waals surface area contributed by atoms with E-state index in [1.54, 1.807) is 0 Å². The summed E-state index contributed by atoms with van der Waals surface area (Å²) in [6.07, 6.45) is -0.404. The highest BCUT2D eigenvalue weighted by Crippen LogP contribution is 2.44. The molecule has 1 aromatic rings. The lowest BCUT2D eigenvalue weighted by atomic mass is 10.1. The first-order valence-corrected chi connectivity index (χ1v) is 13.4. The quantitative estimate of drug-likeness (QED) is 0.481. The van der Waals surface area contributed by atoms with Crippen molar-refractivity contribution in [3.63, 3.8) is 0 Å². The van der Waals surface area contributed by atoms with Crippen LogP contribution in [0.4, 0.5) is 0 Å². The van der Waals surface area contributed by atoms with Crippen molar-refractivity contribution >= 4 is 30.9 Å². The van der Waals surface area contributed by atoms with Crippen LogP contribution in [-0.2, 0) is 18.6 Å². The molecule has 2 aliphatic heterocycles. The Morgan fingerprint density at radius 1 is 1.25 bits per heavy atom. The van der Waals surface area contributed by atoms with Gasteiger partial charge in [-0.05, 0) is 54.6 Å². The SMILES string of the molecule is CC1(C)O[C@@H]2[C@H](O1)[C@@H](CO[Si](C)(C)C(C)(C)C)O[C@H]2n1cc(I)c(=O)[nH]c1=O. The Morgan fingerprint density at radius 2 is 1.86 bits per heavy atom. The van der Waals surface area contributed by atoms with E-state index in [0.717, 1.165) is 0 Å². The van der Waals surface area contributed by atoms with Crippen LogP contribution >= 0.6 is 22.6 Å². The van der Waals surface area contributed by atoms with Gasteiger partial charge in [0, 0.05) is 6.20 Å². The first kappa shape index (κ1) is 22.2. The van der Waals surface area contributed by atoms with Crippen molar-refractivity contribution < 1.29 is 18.6 Å². The largest absolute Gasteiger partial charge is 0.414 e. The number of fused-ring (bicyclic) bond motifs is 1. The molecule has 2 saturated heterocycles. The van der Waals surface area contributed by atoms with Crippen LogP contribution in [0.25, 0.3) is 0 Å². The summed E-state index contributed by atoms with van der Waals surface area (Å²) >= 11 is 1.89. The molecule has 158 valence electrons. The third-order valence-electron chi connectivity index (χ3n) is 5.74. The molecule has 2 aliphatic rings. The van der Waals surface area contributed by atoms with Gasteiger partial charge in [0.25, 0.3) is 5.56 Å². The van der Waals surface area contributed by atoms with E-state index in [9.17, 15) is 9.59 Å². The standard InChI is InChI=1S/C18H29IN2O6Si/c1-17(2,3)28(6,7)24-9-11-12-13(27-18(4,5)26-12)15(25-11)21-8-10(19)14(22)20-16(21)23/h8,11-13,15H,9H2,1-7H3,(H,20,22,23)/t11-,12-,13-,15-/m1/s1. The predicted octanol–water partition coefficient (Wildman–Crippen LogP) is 2.58. The molecule has 10 heteroatoms. The van der Waals surface area contributed by atoms with Crippen molar-refractivity contribution in [3.8, 4) is 0 Å². The van der Waals surface area contributed by atoms with Crippen LogP contribution in [0.2, 0.25) is 18.1 Å². The Kier molecular flexibility index (Phi) is 5.78. The molecule has 8 nitrogen and oxygen atoms in total. The highest BCUT2D eigenvalue weighted by molar-refractivity contribution is 14.1. The number of aromatic amines is 1. The number of nitrogens with zero attached hydrogens (tertiary/aromatic N) is 1. The summed E-state index contributed by atoms with van der Waals surface area (Å²) < 4.78 is 26.4. The molecule has 28 heavy (non-hydrogen) atoms. The third-order valence-corrected chi connectivity index (χ3v) is 11.0. The van der Waals surface area contributed by atoms with Crippen molar-refractivity contribution in [1.29, 1.82) is 0 Å². The summed E-state index contributed by atoms with van der Waals surface area (Å²) in [5.74, 6) is -0.786. The third kappa shape index (κ3) is 4.17. The summed E-state index contributed by atoms with van der Waals surface area (Å²) in [6.45, 7) is 15.0. The van der Waals surface area contributed by atoms with Gasteiger partial charge in [-0.2, -0.15) is 0 Å². The molecule has 0 radical (unpaired) electrons. The van der Waals surface area contributed by atoms with Crippen LogP contribution < -0.4 is 11.2 Å². The van der Waals surface area contributed by atoms with Gasteiger partial charge in [-0.15, -0.1) is 0 Å². The average molecular weight is 524 g/mol. The van der Waals surface area contributed by atoms with E-state index in [0.29, 0.717) is 10.2 Å². The summed E-state index contributed by atoms with van der Waals surface area (Å²) in [7, 11) is -1.97. The van der Waals surface area contributed by atoms with Crippen LogP contribution in [0, 0.1) is 3.57 Å². The zero-order valence-electron chi connectivity index (χ0n) is 17.4. The Hall–Kier alpha value is -0.533. The van der Waals surface area contributed by atoms with E-state index >= 15 is 0 Å². The van der Waals surface area contributed by atoms with Gasteiger partial charge in [0.15, 0.2) is 20.3 Å². The second kappa shape index (κ2) is 7.31. The number of aromatic nitrogens is 2. The number of rotatable bonds is 4. The fourth-order valence-electron chi connectivity index (χ4n) is 3.17. The monoisotopic (exact) mass is 524 g/mol. The molecular weight excluding hydrogens is 495 g/mol. The fourth-order valence-corrected chi connectivity index (χ4v) is 4.62. The Balaban J connectivity index is 1.88. The molecule has 0 amide bonds. The summed E-state index contributed by atoms with van der Waals surface area (Å²) in [4.78, 5) is 26.4. The minimum atomic E-state index is -1.97. The molecule has 1 aromatic heterocycles. The normalized spacial score (nSPS) is 29.9. The lowest BCUT2D eigenvalue weighted by Gasteiger charge is -2.37. The molecule has 0 bridgehead atoms. The van der Waals surface area contributed by atoms with Crippen molar-refractivity contribution in [1.82, 2.24) is 9.55 Å². The van der Waals surface area contributed by atoms with Crippen molar-refractivity contribution in [2.75, 3.05) is 6.61 Å². The topological polar surface area (TPSA) is 91.8 Å². The van der Waals surface area contributed by atoms with Crippen molar-refractivity contribution in [2.24, 2.45) is 0 Å². The van der Waals surface area contributed by atoms with Gasteiger partial charge in [-0.25, -0.2) is 4.79 Å². The maximum absolute atomic E-state index is 12.4. The average Bonchev–Trinajstić information content (AvgIpc) is 3.01. The van der Waals surface area contributed by atoms with Gasteiger partial charge in [-0.1, -0.05) is 20.8 Å². The van der Waals surface area contributed by atoms with E-state index in [1.165, 1.54) is 10.8 Å². The number of hydrogen-bond acceptors (Lipinski definition) is 6. The van der Waals surface area contributed by atoms with Gasteiger partial charge in [0.05, 0.1) is 10.2 Å². The van der Waals surface area contributed by atoms with Gasteiger partial charge < -0.3 is 18.6 Å². The first-order chi connectivity index (χ1) is 12.7. The first-order valence-electron chi connectivity index (χ1n) is 9.38. The molecule has 3 heterocycles. The minimum absolute atomic E-state index is 0.0721. The molecule has 0 unspecified atom stereocenters. The van der Waals surface area contributed by atoms with E-state index in [2.05, 4.69) is 38.8 Å². The van der Waals surface area contributed by atoms with Crippen molar-refractivity contribution in [2.45, 2.75) is 83.1 Å². The highest BCUT2D eigenvalue weighted by atomic mass is 127. The Labute approximate surface area is 179 Å². The molecule has 3 rings (SSSR count). The minimum Gasteiger partial charge on any atom is -0.414 e. The lowest BCUT2D eigenvalue weighted by molar-refractivity contribution is -0.200. The molecule has 4 atom stereocenters. The fraction of sp³-hybridized carbons (Fsp3) is 0.778. The second-order valence-electron chi connectivity index (χ2n) is 9.34. The summed E-state index contributed by atoms with van der Waals surface area (Å²) in [5, 5.41) is 0.0721. The van der Waals surface area contributed by atoms with E-state index in [-0.39, 0.29) is 17.2 Å². The zero-order chi connectivity index (χ0) is 21.1. The highest BCUT2D eigenvalue weighted by Gasteiger charge is 2.56. The van der Waals surface area contributed by atoms with Crippen LogP contribution in [0.5, 0.6) is 0 Å². The number of hydrogen-bond donors (Lipinski definition) is 1. The van der Waals surface area contributed by atoms with E-state index < -0.39 is 37.7 Å². The molecule has 0 aliphatic carbocycles. The van der Waals surface area contributed by atoms with Gasteiger partial charge in [-0.3, -0.25) is 14.3 Å². The second-order valence-corrected chi connectivity index (χ2v) is 15.3. The van der Waals surface area contributed by atoms with Crippen LogP contribution in [0.3, 0.4) is 0 Å². The predicted molar refractivity (Wildman–Crippen MR) is 115 cm³/mol. The van der Waals surface area contributed by atoms with E-state index in [4.69, 9.17) is 18.6 Å². The number of ether oxygens (including phenoxy) is 3. The number of halogens is 1. The smallest absolute Gasteiger partial charge is 0.330 e. The number of H-pyrrole nitrogens is 1. The van der Waals surface area contributed by atoms with Crippen LogP contribution in [0.15, 0.2) is 15.8 Å². The Bertz CT molecular complexity index is 859. The van der Waals surface area contributed by atoms with Crippen molar-refractivity contribution in [3.05, 3.63) is 30.6 Å². The van der Waals surface area contributed by atoms with Gasteiger partial charge >= 0.3 is 5.69 Å². The molecule has 1 N–H and O–H groups in total.